The van der Waals surface area contributed by atoms with Crippen molar-refractivity contribution < 1.29 is 8.42 Å². The molecule has 0 aromatic carbocycles. The molecule has 0 bridgehead atoms. The molecule has 1 fully saturated rings. The highest BCUT2D eigenvalue weighted by Crippen LogP contribution is 2.20. The van der Waals surface area contributed by atoms with Crippen molar-refractivity contribution in [3.63, 3.8) is 0 Å². The van der Waals surface area contributed by atoms with E-state index in [2.05, 4.69) is 4.40 Å². The van der Waals surface area contributed by atoms with E-state index in [0.717, 1.165) is 17.4 Å². The SMILES string of the molecule is CN1N2CCCN2C(N)=NS1(=O)=O. The number of hydrogen-bond donors (Lipinski definition) is 1. The molecule has 7 nitrogen and oxygen atoms in total. The van der Waals surface area contributed by atoms with Crippen molar-refractivity contribution in [2.45, 2.75) is 6.42 Å². The topological polar surface area (TPSA) is 82.2 Å². The third-order valence-electron chi connectivity index (χ3n) is 2.14. The highest BCUT2D eigenvalue weighted by molar-refractivity contribution is 7.87. The lowest BCUT2D eigenvalue weighted by Gasteiger charge is -2.36. The summed E-state index contributed by atoms with van der Waals surface area (Å²) >= 11 is 0. The number of hydrogen-bond acceptors (Lipinski definition) is 5. The Morgan fingerprint density at radius 1 is 1.46 bits per heavy atom. The van der Waals surface area contributed by atoms with Gasteiger partial charge in [-0.2, -0.15) is 8.42 Å². The van der Waals surface area contributed by atoms with Crippen LogP contribution in [0.25, 0.3) is 0 Å². The van der Waals surface area contributed by atoms with Gasteiger partial charge in [-0.3, -0.25) is 5.01 Å². The minimum absolute atomic E-state index is 0.0515. The quantitative estimate of drug-likeness (QED) is 0.511. The van der Waals surface area contributed by atoms with Gasteiger partial charge >= 0.3 is 10.2 Å². The molecule has 13 heavy (non-hydrogen) atoms. The first kappa shape index (κ1) is 8.73. The first-order valence-electron chi connectivity index (χ1n) is 3.91. The number of nitrogens with two attached hydrogens (primary N) is 1. The third kappa shape index (κ3) is 1.18. The molecule has 0 atom stereocenters. The predicted octanol–water partition coefficient (Wildman–Crippen LogP) is -1.67. The Bertz CT molecular complexity index is 350. The van der Waals surface area contributed by atoms with Crippen LogP contribution in [-0.4, -0.2) is 49.1 Å². The average Bonchev–Trinajstić information content (AvgIpc) is 2.47. The predicted molar refractivity (Wildman–Crippen MR) is 46.3 cm³/mol. The summed E-state index contributed by atoms with van der Waals surface area (Å²) in [5.41, 5.74) is 5.49. The van der Waals surface area contributed by atoms with Crippen molar-refractivity contribution in [3.05, 3.63) is 0 Å². The summed E-state index contributed by atoms with van der Waals surface area (Å²) in [6.07, 6.45) is 0.885. The maximum atomic E-state index is 11.3. The number of fused-ring (bicyclic) bond motifs is 1. The fourth-order valence-corrected chi connectivity index (χ4v) is 2.32. The minimum atomic E-state index is -3.58. The van der Waals surface area contributed by atoms with E-state index in [1.165, 1.54) is 7.05 Å². The van der Waals surface area contributed by atoms with Crippen LogP contribution in [0, 0.1) is 0 Å². The van der Waals surface area contributed by atoms with Crippen molar-refractivity contribution in [2.24, 2.45) is 10.1 Å². The fraction of sp³-hybridized carbons (Fsp3) is 0.800. The van der Waals surface area contributed by atoms with Gasteiger partial charge in [0.1, 0.15) is 0 Å². The van der Waals surface area contributed by atoms with Gasteiger partial charge in [-0.05, 0) is 6.42 Å². The highest BCUT2D eigenvalue weighted by atomic mass is 32.2. The van der Waals surface area contributed by atoms with Gasteiger partial charge in [-0.25, -0.2) is 0 Å². The summed E-state index contributed by atoms with van der Waals surface area (Å²) in [6, 6.07) is 0. The van der Waals surface area contributed by atoms with Crippen LogP contribution in [0.4, 0.5) is 0 Å². The molecule has 0 amide bonds. The van der Waals surface area contributed by atoms with Crippen LogP contribution in [0.1, 0.15) is 6.42 Å². The zero-order chi connectivity index (χ0) is 9.64. The number of hydrazine groups is 2. The monoisotopic (exact) mass is 205 g/mol. The van der Waals surface area contributed by atoms with E-state index in [0.29, 0.717) is 6.54 Å². The molecular weight excluding hydrogens is 194 g/mol. The van der Waals surface area contributed by atoms with Gasteiger partial charge in [-0.1, -0.05) is 0 Å². The van der Waals surface area contributed by atoms with Crippen LogP contribution in [0.5, 0.6) is 0 Å². The Balaban J connectivity index is 2.45. The third-order valence-corrected chi connectivity index (χ3v) is 3.41. The molecule has 0 unspecified atom stereocenters. The Kier molecular flexibility index (Phi) is 1.72. The van der Waals surface area contributed by atoms with Gasteiger partial charge in [0.05, 0.1) is 0 Å². The van der Waals surface area contributed by atoms with Crippen molar-refractivity contribution in [1.82, 2.24) is 14.5 Å². The van der Waals surface area contributed by atoms with Crippen LogP contribution < -0.4 is 5.73 Å². The van der Waals surface area contributed by atoms with Gasteiger partial charge < -0.3 is 5.73 Å². The summed E-state index contributed by atoms with van der Waals surface area (Å²) in [6.45, 7) is 1.38. The van der Waals surface area contributed by atoms with Crippen LogP contribution in [-0.2, 0) is 10.2 Å². The highest BCUT2D eigenvalue weighted by Gasteiger charge is 2.38. The Hall–Kier alpha value is -0.860. The summed E-state index contributed by atoms with van der Waals surface area (Å²) in [5.74, 6) is 0.0515. The minimum Gasteiger partial charge on any atom is -0.368 e. The molecule has 2 N–H and O–H groups in total. The first-order valence-corrected chi connectivity index (χ1v) is 5.31. The fourth-order valence-electron chi connectivity index (χ4n) is 1.47. The van der Waals surface area contributed by atoms with E-state index in [1.54, 1.807) is 10.1 Å². The molecule has 0 aromatic heterocycles. The van der Waals surface area contributed by atoms with Crippen LogP contribution in [0.2, 0.25) is 0 Å². The molecule has 2 rings (SSSR count). The molecule has 1 saturated heterocycles. The van der Waals surface area contributed by atoms with Gasteiger partial charge in [0, 0.05) is 20.1 Å². The van der Waals surface area contributed by atoms with Crippen molar-refractivity contribution in [1.29, 1.82) is 0 Å². The van der Waals surface area contributed by atoms with E-state index in [1.807, 2.05) is 0 Å². The average molecular weight is 205 g/mol. The maximum absolute atomic E-state index is 11.3. The van der Waals surface area contributed by atoms with Crippen molar-refractivity contribution in [2.75, 3.05) is 20.1 Å². The van der Waals surface area contributed by atoms with Gasteiger partial charge in [0.25, 0.3) is 0 Å². The molecule has 0 aliphatic carbocycles. The molecule has 2 heterocycles. The largest absolute Gasteiger partial charge is 0.368 e. The number of guanidine groups is 1. The Labute approximate surface area is 76.5 Å². The maximum Gasteiger partial charge on any atom is 0.339 e. The van der Waals surface area contributed by atoms with E-state index in [4.69, 9.17) is 5.73 Å². The first-order chi connectivity index (χ1) is 6.02. The zero-order valence-corrected chi connectivity index (χ0v) is 8.03. The van der Waals surface area contributed by atoms with Crippen LogP contribution in [0.15, 0.2) is 4.40 Å². The summed E-state index contributed by atoms with van der Waals surface area (Å²) < 4.78 is 27.2. The second-order valence-corrected chi connectivity index (χ2v) is 4.54. The molecule has 0 spiro atoms. The summed E-state index contributed by atoms with van der Waals surface area (Å²) in [4.78, 5) is 0. The van der Waals surface area contributed by atoms with Crippen LogP contribution in [0.3, 0.4) is 0 Å². The molecule has 0 aromatic rings. The van der Waals surface area contributed by atoms with Gasteiger partial charge in [0.2, 0.25) is 5.96 Å². The zero-order valence-electron chi connectivity index (χ0n) is 7.21. The number of rotatable bonds is 0. The smallest absolute Gasteiger partial charge is 0.339 e. The number of nitrogens with zero attached hydrogens (tertiary/aromatic N) is 4. The molecule has 2 aliphatic rings. The molecular formula is C5H11N5O2S. The molecule has 8 heteroatoms. The molecule has 0 saturated carbocycles. The van der Waals surface area contributed by atoms with E-state index < -0.39 is 10.2 Å². The van der Waals surface area contributed by atoms with Gasteiger partial charge in [-0.15, -0.1) is 13.9 Å². The Morgan fingerprint density at radius 2 is 2.15 bits per heavy atom. The molecule has 0 radical (unpaired) electrons. The van der Waals surface area contributed by atoms with E-state index in [-0.39, 0.29) is 5.96 Å². The summed E-state index contributed by atoms with van der Waals surface area (Å²) in [7, 11) is -2.12. The standard InChI is InChI=1S/C5H11N5O2S/c1-8-10-4-2-3-9(10)5(6)7-13(8,11)12/h2-4H2,1H3,(H2,6,7). The summed E-state index contributed by atoms with van der Waals surface area (Å²) in [5, 5.41) is 3.23. The Morgan fingerprint density at radius 3 is 2.85 bits per heavy atom. The normalized spacial score (nSPS) is 28.7. The molecule has 2 aliphatic heterocycles. The molecule has 74 valence electrons. The van der Waals surface area contributed by atoms with E-state index >= 15 is 0 Å². The second kappa shape index (κ2) is 2.56. The lowest BCUT2D eigenvalue weighted by Crippen LogP contribution is -2.57. The van der Waals surface area contributed by atoms with E-state index in [9.17, 15) is 8.42 Å². The van der Waals surface area contributed by atoms with Crippen molar-refractivity contribution >= 4 is 16.2 Å². The lowest BCUT2D eigenvalue weighted by atomic mass is 10.5. The van der Waals surface area contributed by atoms with Gasteiger partial charge in [0.15, 0.2) is 0 Å². The van der Waals surface area contributed by atoms with Crippen molar-refractivity contribution in [3.8, 4) is 0 Å². The van der Waals surface area contributed by atoms with Crippen LogP contribution >= 0.6 is 0 Å². The second-order valence-electron chi connectivity index (χ2n) is 2.93. The lowest BCUT2D eigenvalue weighted by molar-refractivity contribution is -0.0432.